The molecule has 0 saturated carbocycles. The van der Waals surface area contributed by atoms with Crippen LogP contribution in [0.5, 0.6) is 0 Å². The van der Waals surface area contributed by atoms with E-state index in [0.717, 1.165) is 19.1 Å². The van der Waals surface area contributed by atoms with Crippen LogP contribution < -0.4 is 40.2 Å². The van der Waals surface area contributed by atoms with Crippen LogP contribution in [0.1, 0.15) is 98.3 Å². The Labute approximate surface area is 202 Å². The van der Waals surface area contributed by atoms with Crippen molar-refractivity contribution in [3.05, 3.63) is 6.92 Å². The Kier molecular flexibility index (Phi) is 56.4. The predicted octanol–water partition coefficient (Wildman–Crippen LogP) is 1.77. The van der Waals surface area contributed by atoms with Gasteiger partial charge in [-0.05, 0) is 13.5 Å². The number of carbonyl (C=O) groups is 3. The van der Waals surface area contributed by atoms with E-state index in [4.69, 9.17) is 5.11 Å². The Morgan fingerprint density at radius 3 is 1.76 bits per heavy atom. The summed E-state index contributed by atoms with van der Waals surface area (Å²) in [5.41, 5.74) is 0. The number of aliphatic carboxylic acids is 1. The first-order valence-corrected chi connectivity index (χ1v) is 10.9. The second kappa shape index (κ2) is 41.8. The number of nitrogens with one attached hydrogen (secondary N) is 2. The van der Waals surface area contributed by atoms with Crippen LogP contribution in [0, 0.1) is 6.92 Å². The van der Waals surface area contributed by atoms with Crippen molar-refractivity contribution in [2.24, 2.45) is 0 Å². The summed E-state index contributed by atoms with van der Waals surface area (Å²) < 4.78 is 0. The van der Waals surface area contributed by atoms with E-state index in [1.807, 2.05) is 13.8 Å². The molecule has 0 bridgehead atoms. The molecule has 0 aliphatic rings. The summed E-state index contributed by atoms with van der Waals surface area (Å²) in [7, 11) is 1.73. The van der Waals surface area contributed by atoms with Gasteiger partial charge < -0.3 is 27.5 Å². The molecule has 29 heavy (non-hydrogen) atoms. The van der Waals surface area contributed by atoms with Crippen molar-refractivity contribution >= 4 is 18.2 Å². The first-order valence-electron chi connectivity index (χ1n) is 10.9. The molecule has 3 N–H and O–H groups in total. The fourth-order valence-corrected chi connectivity index (χ4v) is 2.04. The van der Waals surface area contributed by atoms with E-state index in [1.54, 1.807) is 14.0 Å². The average molecular weight is 427 g/mol. The van der Waals surface area contributed by atoms with Crippen LogP contribution >= 0.6 is 0 Å². The van der Waals surface area contributed by atoms with Crippen LogP contribution in [0.25, 0.3) is 0 Å². The molecule has 0 unspecified atom stereocenters. The minimum Gasteiger partial charge on any atom is -0.480 e. The number of aldehydes is 1. The Balaban J connectivity index is -0.000000110. The van der Waals surface area contributed by atoms with Crippen molar-refractivity contribution < 1.29 is 49.0 Å². The minimum absolute atomic E-state index is 0. The van der Waals surface area contributed by atoms with Gasteiger partial charge in [-0.3, -0.25) is 9.59 Å². The van der Waals surface area contributed by atoms with Gasteiger partial charge in [0.15, 0.2) is 0 Å². The van der Waals surface area contributed by atoms with Gasteiger partial charge in [-0.25, -0.2) is 0 Å². The SMILES string of the molecule is CC.CCCCCCCCCCCC=O.CNCCC(=O)NCC(=O)O.[CH2-]C.[Na+]. The maximum atomic E-state index is 10.7. The van der Waals surface area contributed by atoms with Crippen LogP contribution in [-0.2, 0) is 14.4 Å². The van der Waals surface area contributed by atoms with Gasteiger partial charge in [0.2, 0.25) is 5.91 Å². The van der Waals surface area contributed by atoms with Crippen molar-refractivity contribution in [1.82, 2.24) is 10.6 Å². The fraction of sp³-hybridized carbons (Fsp3) is 0.818. The summed E-state index contributed by atoms with van der Waals surface area (Å²) in [6, 6.07) is 0. The van der Waals surface area contributed by atoms with E-state index >= 15 is 0 Å². The van der Waals surface area contributed by atoms with Gasteiger partial charge in [0.05, 0.1) is 0 Å². The quantitative estimate of drug-likeness (QED) is 0.161. The van der Waals surface area contributed by atoms with Crippen molar-refractivity contribution in [1.29, 1.82) is 0 Å². The summed E-state index contributed by atoms with van der Waals surface area (Å²) in [6.45, 7) is 11.5. The van der Waals surface area contributed by atoms with Gasteiger partial charge in [0.1, 0.15) is 12.8 Å². The molecule has 6 nitrogen and oxygen atoms in total. The van der Waals surface area contributed by atoms with Crippen LogP contribution in [0.3, 0.4) is 0 Å². The molecule has 0 heterocycles. The normalized spacial score (nSPS) is 8.48. The van der Waals surface area contributed by atoms with E-state index in [9.17, 15) is 14.4 Å². The summed E-state index contributed by atoms with van der Waals surface area (Å²) >= 11 is 0. The summed E-state index contributed by atoms with van der Waals surface area (Å²) in [4.78, 5) is 30.7. The molecule has 0 radical (unpaired) electrons. The molecule has 7 heteroatoms. The van der Waals surface area contributed by atoms with Crippen molar-refractivity contribution in [3.8, 4) is 0 Å². The van der Waals surface area contributed by atoms with Gasteiger partial charge in [0.25, 0.3) is 0 Å². The number of rotatable bonds is 15. The largest absolute Gasteiger partial charge is 1.00 e. The number of hydrogen-bond acceptors (Lipinski definition) is 4. The third-order valence-electron chi connectivity index (χ3n) is 3.46. The maximum absolute atomic E-state index is 10.7. The maximum Gasteiger partial charge on any atom is 1.00 e. The molecule has 1 amide bonds. The fourth-order valence-electron chi connectivity index (χ4n) is 2.04. The van der Waals surface area contributed by atoms with E-state index in [1.165, 1.54) is 51.4 Å². The Morgan fingerprint density at radius 2 is 1.38 bits per heavy atom. The third-order valence-corrected chi connectivity index (χ3v) is 3.46. The number of carbonyl (C=O) groups excluding carboxylic acids is 2. The molecule has 0 rings (SSSR count). The van der Waals surface area contributed by atoms with Crippen LogP contribution in [0.15, 0.2) is 0 Å². The molecule has 0 atom stereocenters. The zero-order valence-corrected chi connectivity index (χ0v) is 22.1. The third kappa shape index (κ3) is 52.3. The topological polar surface area (TPSA) is 95.5 Å². The van der Waals surface area contributed by atoms with Gasteiger partial charge in [-0.15, -0.1) is 0 Å². The number of hydrogen-bond donors (Lipinski definition) is 3. The van der Waals surface area contributed by atoms with E-state index in [2.05, 4.69) is 24.5 Å². The van der Waals surface area contributed by atoms with E-state index in [-0.39, 0.29) is 42.0 Å². The Bertz CT molecular complexity index is 317. The first-order chi connectivity index (χ1) is 13.6. The van der Waals surface area contributed by atoms with Crippen molar-refractivity contribution in [3.63, 3.8) is 0 Å². The van der Waals surface area contributed by atoms with Gasteiger partial charge in [0, 0.05) is 19.4 Å². The van der Waals surface area contributed by atoms with E-state index < -0.39 is 5.97 Å². The molecular formula is C22H47N2NaO4. The average Bonchev–Trinajstić information content (AvgIpc) is 2.73. The molecule has 0 aromatic heterocycles. The van der Waals surface area contributed by atoms with Gasteiger partial charge in [-0.2, -0.15) is 6.92 Å². The first kappa shape index (κ1) is 39.1. The number of unbranched alkanes of at least 4 members (excludes halogenated alkanes) is 9. The molecule has 0 spiro atoms. The second-order valence-corrected chi connectivity index (χ2v) is 5.81. The zero-order chi connectivity index (χ0) is 22.5. The Morgan fingerprint density at radius 1 is 0.931 bits per heavy atom. The summed E-state index contributed by atoms with van der Waals surface area (Å²) in [5, 5.41) is 13.2. The van der Waals surface area contributed by atoms with Crippen LogP contribution in [0.2, 0.25) is 0 Å². The number of carboxylic acids is 1. The smallest absolute Gasteiger partial charge is 0.480 e. The summed E-state index contributed by atoms with van der Waals surface area (Å²) in [5.74, 6) is -1.27. The molecule has 0 saturated heterocycles. The molecule has 0 fully saturated rings. The molecule has 0 aromatic rings. The predicted molar refractivity (Wildman–Crippen MR) is 119 cm³/mol. The Hall–Kier alpha value is -0.430. The molecule has 0 aliphatic carbocycles. The molecule has 0 aromatic carbocycles. The van der Waals surface area contributed by atoms with Gasteiger partial charge in [-0.1, -0.05) is 72.1 Å². The van der Waals surface area contributed by atoms with E-state index in [0.29, 0.717) is 13.0 Å². The molecule has 170 valence electrons. The number of carboxylic acid groups (broad SMARTS) is 1. The standard InChI is InChI=1S/C12H24O.C6H12N2O3.C2H6.C2H5.Na/c1-2-3-4-5-6-7-8-9-10-11-12-13;1-7-3-2-5(9)8-4-6(10)11;2*1-2;/h12H,2-11H2,1H3;7H,2-4H2,1H3,(H,8,9)(H,10,11);1-2H3;1H2,2H3;/q;;;-1;+1. The minimum atomic E-state index is -1.03. The van der Waals surface area contributed by atoms with Crippen molar-refractivity contribution in [2.75, 3.05) is 20.1 Å². The second-order valence-electron chi connectivity index (χ2n) is 5.81. The van der Waals surface area contributed by atoms with Gasteiger partial charge >= 0.3 is 35.5 Å². The zero-order valence-electron chi connectivity index (χ0n) is 20.1. The number of amides is 1. The van der Waals surface area contributed by atoms with Crippen LogP contribution in [-0.4, -0.2) is 43.4 Å². The summed E-state index contributed by atoms with van der Waals surface area (Å²) in [6.07, 6.45) is 14.0. The van der Waals surface area contributed by atoms with Crippen molar-refractivity contribution in [2.45, 2.75) is 98.3 Å². The molecular weight excluding hydrogens is 379 g/mol. The molecule has 0 aliphatic heterocycles. The monoisotopic (exact) mass is 426 g/mol. The van der Waals surface area contributed by atoms with Crippen LogP contribution in [0.4, 0.5) is 0 Å².